The number of nitrogens with one attached hydrogen (secondary N) is 2. The van der Waals surface area contributed by atoms with E-state index in [1.54, 1.807) is 13.8 Å². The van der Waals surface area contributed by atoms with Crippen molar-refractivity contribution in [3.8, 4) is 11.1 Å². The molecule has 0 radical (unpaired) electrons. The molecule has 208 valence electrons. The molecule has 0 aromatic heterocycles. The van der Waals surface area contributed by atoms with Crippen molar-refractivity contribution in [2.75, 3.05) is 11.9 Å². The van der Waals surface area contributed by atoms with Gasteiger partial charge < -0.3 is 29.9 Å². The molecule has 10 heteroatoms. The number of amides is 3. The second-order valence-electron chi connectivity index (χ2n) is 11.6. The minimum Gasteiger partial charge on any atom is -0.465 e. The van der Waals surface area contributed by atoms with Crippen LogP contribution in [0.2, 0.25) is 0 Å². The zero-order valence-corrected chi connectivity index (χ0v) is 23.5. The molecule has 9 nitrogen and oxygen atoms in total. The van der Waals surface area contributed by atoms with E-state index < -0.39 is 36.5 Å². The Bertz CT molecular complexity index is 1200. The highest BCUT2D eigenvalue weighted by atomic mass is 16.7. The fourth-order valence-electron chi connectivity index (χ4n) is 4.91. The Morgan fingerprint density at radius 3 is 2.00 bits per heavy atom. The van der Waals surface area contributed by atoms with Gasteiger partial charge in [-0.05, 0) is 75.2 Å². The quantitative estimate of drug-likeness (QED) is 0.464. The summed E-state index contributed by atoms with van der Waals surface area (Å²) in [6.45, 7) is 12.1. The molecule has 2 aliphatic rings. The summed E-state index contributed by atoms with van der Waals surface area (Å²) < 4.78 is 12.3. The Morgan fingerprint density at radius 2 is 1.49 bits per heavy atom. The number of hydrogen-bond acceptors (Lipinski definition) is 5. The topological polar surface area (TPSA) is 117 Å². The second kappa shape index (κ2) is 11.0. The molecule has 0 spiro atoms. The Morgan fingerprint density at radius 1 is 0.949 bits per heavy atom. The normalized spacial score (nSPS) is 20.6. The van der Waals surface area contributed by atoms with Crippen LogP contribution in [0, 0.1) is 5.92 Å². The van der Waals surface area contributed by atoms with E-state index in [2.05, 4.69) is 10.6 Å². The van der Waals surface area contributed by atoms with E-state index in [0.717, 1.165) is 16.6 Å². The van der Waals surface area contributed by atoms with Gasteiger partial charge in [0.2, 0.25) is 11.8 Å². The first-order valence-electron chi connectivity index (χ1n) is 13.5. The predicted molar refractivity (Wildman–Crippen MR) is 151 cm³/mol. The number of nitrogens with zero attached hydrogens (tertiary/aromatic N) is 1. The standard InChI is InChI=1S/C29H38BN3O6/c1-18(2)24(32-27(36)37)26(35)33-17-7-8-23(33)25(34)31-22-15-11-20(12-16-22)19-9-13-21(14-10-19)30-38-28(3,4)29(5,6)39-30/h9-16,18,23-24,32H,7-8,17H2,1-6H3,(H,31,34)(H,36,37). The molecule has 4 rings (SSSR count). The molecule has 3 N–H and O–H groups in total. The van der Waals surface area contributed by atoms with E-state index in [-0.39, 0.29) is 17.7 Å². The van der Waals surface area contributed by atoms with Crippen LogP contribution in [0.3, 0.4) is 0 Å². The first-order chi connectivity index (χ1) is 18.3. The van der Waals surface area contributed by atoms with Crippen LogP contribution in [-0.2, 0) is 18.9 Å². The van der Waals surface area contributed by atoms with E-state index >= 15 is 0 Å². The monoisotopic (exact) mass is 535 g/mol. The Kier molecular flexibility index (Phi) is 8.09. The van der Waals surface area contributed by atoms with Gasteiger partial charge in [-0.2, -0.15) is 0 Å². The zero-order valence-electron chi connectivity index (χ0n) is 23.5. The zero-order chi connectivity index (χ0) is 28.5. The van der Waals surface area contributed by atoms with Crippen LogP contribution in [0.1, 0.15) is 54.4 Å². The number of carbonyl (C=O) groups excluding carboxylic acids is 2. The molecule has 3 amide bonds. The number of benzene rings is 2. The van der Waals surface area contributed by atoms with Crippen LogP contribution in [0.25, 0.3) is 11.1 Å². The maximum absolute atomic E-state index is 13.1. The number of anilines is 1. The molecule has 2 heterocycles. The third-order valence-electron chi connectivity index (χ3n) is 7.97. The first-order valence-corrected chi connectivity index (χ1v) is 13.5. The van der Waals surface area contributed by atoms with Crippen molar-refractivity contribution in [1.29, 1.82) is 0 Å². The van der Waals surface area contributed by atoms with Crippen LogP contribution in [0.15, 0.2) is 48.5 Å². The lowest BCUT2D eigenvalue weighted by Crippen LogP contribution is -2.54. The summed E-state index contributed by atoms with van der Waals surface area (Å²) in [7, 11) is -0.417. The molecule has 2 atom stereocenters. The average molecular weight is 535 g/mol. The fraction of sp³-hybridized carbons (Fsp3) is 0.483. The third-order valence-corrected chi connectivity index (χ3v) is 7.97. The highest BCUT2D eigenvalue weighted by molar-refractivity contribution is 6.62. The molecular formula is C29H38BN3O6. The SMILES string of the molecule is CC(C)C(NC(=O)O)C(=O)N1CCCC1C(=O)Nc1ccc(-c2ccc(B3OC(C)(C)C(C)(C)O3)cc2)cc1. The minimum atomic E-state index is -1.26. The van der Waals surface area contributed by atoms with Gasteiger partial charge in [0.05, 0.1) is 11.2 Å². The van der Waals surface area contributed by atoms with E-state index in [1.165, 1.54) is 4.90 Å². The van der Waals surface area contributed by atoms with Crippen LogP contribution >= 0.6 is 0 Å². The second-order valence-corrected chi connectivity index (χ2v) is 11.6. The number of likely N-dealkylation sites (tertiary alicyclic amines) is 1. The van der Waals surface area contributed by atoms with Gasteiger partial charge in [-0.1, -0.05) is 50.2 Å². The summed E-state index contributed by atoms with van der Waals surface area (Å²) in [5.41, 5.74) is 2.80. The minimum absolute atomic E-state index is 0.239. The van der Waals surface area contributed by atoms with Crippen molar-refractivity contribution in [1.82, 2.24) is 10.2 Å². The molecule has 0 saturated carbocycles. The van der Waals surface area contributed by atoms with E-state index in [4.69, 9.17) is 14.4 Å². The Labute approximate surface area is 230 Å². The van der Waals surface area contributed by atoms with Crippen molar-refractivity contribution in [2.45, 2.75) is 77.7 Å². The molecule has 2 fully saturated rings. The lowest BCUT2D eigenvalue weighted by atomic mass is 9.78. The predicted octanol–water partition coefficient (Wildman–Crippen LogP) is 3.87. The summed E-state index contributed by atoms with van der Waals surface area (Å²) >= 11 is 0. The summed E-state index contributed by atoms with van der Waals surface area (Å²) in [6.07, 6.45) is -0.0456. The highest BCUT2D eigenvalue weighted by Gasteiger charge is 2.51. The van der Waals surface area contributed by atoms with Crippen LogP contribution < -0.4 is 16.1 Å². The lowest BCUT2D eigenvalue weighted by molar-refractivity contribution is -0.139. The van der Waals surface area contributed by atoms with Gasteiger partial charge in [-0.15, -0.1) is 0 Å². The molecule has 2 unspecified atom stereocenters. The molecule has 2 aromatic rings. The van der Waals surface area contributed by atoms with E-state index in [9.17, 15) is 14.4 Å². The smallest absolute Gasteiger partial charge is 0.465 e. The van der Waals surface area contributed by atoms with Crippen LogP contribution in [0.4, 0.5) is 10.5 Å². The van der Waals surface area contributed by atoms with E-state index in [1.807, 2.05) is 76.2 Å². The van der Waals surface area contributed by atoms with Crippen molar-refractivity contribution in [3.05, 3.63) is 48.5 Å². The van der Waals surface area contributed by atoms with Crippen molar-refractivity contribution < 1.29 is 28.8 Å². The summed E-state index contributed by atoms with van der Waals surface area (Å²) in [6, 6.07) is 14.0. The maximum atomic E-state index is 13.1. The van der Waals surface area contributed by atoms with Crippen LogP contribution in [-0.4, -0.2) is 64.9 Å². The number of carboxylic acid groups (broad SMARTS) is 1. The number of rotatable bonds is 7. The Balaban J connectivity index is 1.39. The van der Waals surface area contributed by atoms with Gasteiger partial charge in [0.1, 0.15) is 12.1 Å². The first kappa shape index (κ1) is 28.6. The number of carbonyl (C=O) groups is 3. The molecule has 2 saturated heterocycles. The van der Waals surface area contributed by atoms with Crippen LogP contribution in [0.5, 0.6) is 0 Å². The van der Waals surface area contributed by atoms with Gasteiger partial charge >= 0.3 is 13.2 Å². The van der Waals surface area contributed by atoms with Crippen molar-refractivity contribution >= 4 is 36.2 Å². The largest absolute Gasteiger partial charge is 0.494 e. The highest BCUT2D eigenvalue weighted by Crippen LogP contribution is 2.36. The van der Waals surface area contributed by atoms with E-state index in [0.29, 0.717) is 25.1 Å². The summed E-state index contributed by atoms with van der Waals surface area (Å²) in [5.74, 6) is -0.890. The molecule has 2 aromatic carbocycles. The Hall–Kier alpha value is -3.37. The molecule has 0 bridgehead atoms. The van der Waals surface area contributed by atoms with Gasteiger partial charge in [0.25, 0.3) is 0 Å². The maximum Gasteiger partial charge on any atom is 0.494 e. The molecule has 2 aliphatic heterocycles. The van der Waals surface area contributed by atoms with Gasteiger partial charge in [0.15, 0.2) is 0 Å². The van der Waals surface area contributed by atoms with Crippen molar-refractivity contribution in [2.24, 2.45) is 5.92 Å². The lowest BCUT2D eigenvalue weighted by Gasteiger charge is -2.32. The van der Waals surface area contributed by atoms with Gasteiger partial charge in [0, 0.05) is 12.2 Å². The average Bonchev–Trinajstić information content (AvgIpc) is 3.44. The fourth-order valence-corrected chi connectivity index (χ4v) is 4.91. The summed E-state index contributed by atoms with van der Waals surface area (Å²) in [4.78, 5) is 38.8. The third kappa shape index (κ3) is 6.12. The molecule has 0 aliphatic carbocycles. The van der Waals surface area contributed by atoms with Gasteiger partial charge in [-0.3, -0.25) is 9.59 Å². The molecule has 39 heavy (non-hydrogen) atoms. The molecular weight excluding hydrogens is 497 g/mol. The van der Waals surface area contributed by atoms with Crippen molar-refractivity contribution in [3.63, 3.8) is 0 Å². The van der Waals surface area contributed by atoms with Gasteiger partial charge in [-0.25, -0.2) is 4.79 Å². The summed E-state index contributed by atoms with van der Waals surface area (Å²) in [5, 5.41) is 14.3. The number of hydrogen-bond donors (Lipinski definition) is 3.